The molecule has 0 unspecified atom stereocenters. The van der Waals surface area contributed by atoms with Gasteiger partial charge in [0, 0.05) is 5.92 Å². The normalized spacial score (nSPS) is 32.8. The van der Waals surface area contributed by atoms with Crippen molar-refractivity contribution in [2.45, 2.75) is 51.8 Å². The van der Waals surface area contributed by atoms with Gasteiger partial charge in [0.1, 0.15) is 6.10 Å². The van der Waals surface area contributed by atoms with Gasteiger partial charge in [-0.1, -0.05) is 44.2 Å². The van der Waals surface area contributed by atoms with E-state index in [1.165, 1.54) is 0 Å². The summed E-state index contributed by atoms with van der Waals surface area (Å²) in [5.74, 6) is 0.125. The maximum atomic E-state index is 12.5. The first kappa shape index (κ1) is 18.1. The zero-order chi connectivity index (χ0) is 17.0. The van der Waals surface area contributed by atoms with Crippen LogP contribution >= 0.6 is 7.82 Å². The Hall–Kier alpha value is -0.750. The zero-order valence-corrected chi connectivity index (χ0v) is 15.0. The van der Waals surface area contributed by atoms with Gasteiger partial charge in [0.15, 0.2) is 6.29 Å². The molecule has 0 radical (unpaired) electrons. The molecular formula is C17H25O6P. The molecule has 0 aromatic heterocycles. The molecule has 1 aromatic rings. The highest BCUT2D eigenvalue weighted by molar-refractivity contribution is 7.48. The van der Waals surface area contributed by atoms with Crippen LogP contribution in [0, 0.1) is 5.92 Å². The smallest absolute Gasteiger partial charge is 0.368 e. The van der Waals surface area contributed by atoms with Crippen LogP contribution in [0.15, 0.2) is 30.3 Å². The zero-order valence-electron chi connectivity index (χ0n) is 14.1. The Morgan fingerprint density at radius 1 is 1.21 bits per heavy atom. The van der Waals surface area contributed by atoms with Crippen LogP contribution in [0.25, 0.3) is 0 Å². The molecule has 24 heavy (non-hydrogen) atoms. The second kappa shape index (κ2) is 8.09. The summed E-state index contributed by atoms with van der Waals surface area (Å²) in [6, 6.07) is 9.91. The molecule has 2 heterocycles. The van der Waals surface area contributed by atoms with E-state index < -0.39 is 14.1 Å². The fraction of sp³-hybridized carbons (Fsp3) is 0.647. The van der Waals surface area contributed by atoms with Gasteiger partial charge in [0.25, 0.3) is 0 Å². The molecular weight excluding hydrogens is 331 g/mol. The van der Waals surface area contributed by atoms with E-state index in [0.717, 1.165) is 12.0 Å². The molecule has 7 heteroatoms. The number of ether oxygens (including phenoxy) is 2. The second-order valence-corrected chi connectivity index (χ2v) is 7.77. The largest absolute Gasteiger partial charge is 0.477 e. The van der Waals surface area contributed by atoms with Crippen molar-refractivity contribution in [3.05, 3.63) is 35.9 Å². The summed E-state index contributed by atoms with van der Waals surface area (Å²) in [6.45, 7) is 5.29. The van der Waals surface area contributed by atoms with Gasteiger partial charge in [0.2, 0.25) is 0 Å². The predicted molar refractivity (Wildman–Crippen MR) is 88.3 cm³/mol. The average molecular weight is 356 g/mol. The molecule has 2 aliphatic heterocycles. The van der Waals surface area contributed by atoms with Crippen molar-refractivity contribution < 1.29 is 27.6 Å². The van der Waals surface area contributed by atoms with Crippen molar-refractivity contribution >= 4 is 7.82 Å². The van der Waals surface area contributed by atoms with Gasteiger partial charge in [-0.25, -0.2) is 4.57 Å². The Bertz CT molecular complexity index is 555. The monoisotopic (exact) mass is 356 g/mol. The highest BCUT2D eigenvalue weighted by Gasteiger charge is 2.47. The first-order chi connectivity index (χ1) is 11.6. The van der Waals surface area contributed by atoms with Crippen molar-refractivity contribution in [2.75, 3.05) is 13.2 Å². The van der Waals surface area contributed by atoms with E-state index in [4.69, 9.17) is 23.0 Å². The lowest BCUT2D eigenvalue weighted by Gasteiger charge is -2.27. The third-order valence-electron chi connectivity index (χ3n) is 4.39. The van der Waals surface area contributed by atoms with Crippen LogP contribution in [0.3, 0.4) is 0 Å². The van der Waals surface area contributed by atoms with Gasteiger partial charge in [-0.15, -0.1) is 0 Å². The summed E-state index contributed by atoms with van der Waals surface area (Å²) in [4.78, 5) is 0. The van der Waals surface area contributed by atoms with Crippen LogP contribution in [0.1, 0.15) is 32.3 Å². The maximum absolute atomic E-state index is 12.5. The molecule has 6 nitrogen and oxygen atoms in total. The standard InChI is InChI=1S/C17H25O6P/c1-3-15-13(2)16(19-12-14-8-5-4-6-9-14)17(22-15)23-24(18)20-10-7-11-21-24/h4-6,8-9,13,15-17H,3,7,10-12H2,1-2H3/t13-,15-,16+,17-/m1/s1. The van der Waals surface area contributed by atoms with Crippen LogP contribution in [-0.4, -0.2) is 31.7 Å². The van der Waals surface area contributed by atoms with Gasteiger partial charge in [-0.3, -0.25) is 13.6 Å². The van der Waals surface area contributed by atoms with Gasteiger partial charge in [0.05, 0.1) is 25.9 Å². The molecule has 1 aromatic carbocycles. The predicted octanol–water partition coefficient (Wildman–Crippen LogP) is 3.90. The third-order valence-corrected chi connectivity index (χ3v) is 5.85. The number of benzene rings is 1. The molecule has 134 valence electrons. The van der Waals surface area contributed by atoms with Crippen molar-refractivity contribution in [1.82, 2.24) is 0 Å². The Labute approximate surface area is 143 Å². The molecule has 3 rings (SSSR count). The van der Waals surface area contributed by atoms with E-state index in [9.17, 15) is 4.57 Å². The molecule has 0 bridgehead atoms. The van der Waals surface area contributed by atoms with Gasteiger partial charge >= 0.3 is 7.82 Å². The molecule has 0 amide bonds. The number of rotatable bonds is 6. The molecule has 0 N–H and O–H groups in total. The van der Waals surface area contributed by atoms with Crippen molar-refractivity contribution in [3.8, 4) is 0 Å². The Kier molecular flexibility index (Phi) is 6.08. The van der Waals surface area contributed by atoms with Crippen molar-refractivity contribution in [2.24, 2.45) is 5.92 Å². The summed E-state index contributed by atoms with van der Waals surface area (Å²) < 4.78 is 40.5. The minimum atomic E-state index is -3.56. The molecule has 0 saturated carbocycles. The van der Waals surface area contributed by atoms with Crippen LogP contribution in [0.4, 0.5) is 0 Å². The topological polar surface area (TPSA) is 63.2 Å². The highest BCUT2D eigenvalue weighted by atomic mass is 31.2. The number of hydrogen-bond donors (Lipinski definition) is 0. The maximum Gasteiger partial charge on any atom is 0.477 e. The summed E-state index contributed by atoms with van der Waals surface area (Å²) in [5, 5.41) is 0. The average Bonchev–Trinajstić information content (AvgIpc) is 2.89. The molecule has 2 fully saturated rings. The van der Waals surface area contributed by atoms with E-state index in [1.807, 2.05) is 37.3 Å². The minimum Gasteiger partial charge on any atom is -0.368 e. The molecule has 2 aliphatic rings. The molecule has 0 aliphatic carbocycles. The highest BCUT2D eigenvalue weighted by Crippen LogP contribution is 2.54. The minimum absolute atomic E-state index is 0.00726. The van der Waals surface area contributed by atoms with Crippen molar-refractivity contribution in [3.63, 3.8) is 0 Å². The summed E-state index contributed by atoms with van der Waals surface area (Å²) in [5.41, 5.74) is 1.07. The Morgan fingerprint density at radius 2 is 1.92 bits per heavy atom. The van der Waals surface area contributed by atoms with E-state index in [1.54, 1.807) is 0 Å². The van der Waals surface area contributed by atoms with E-state index in [0.29, 0.717) is 26.2 Å². The summed E-state index contributed by atoms with van der Waals surface area (Å²) >= 11 is 0. The second-order valence-electron chi connectivity index (χ2n) is 6.14. The number of phosphoric acid groups is 1. The van der Waals surface area contributed by atoms with Crippen LogP contribution in [-0.2, 0) is 34.2 Å². The van der Waals surface area contributed by atoms with Crippen molar-refractivity contribution in [1.29, 1.82) is 0 Å². The van der Waals surface area contributed by atoms with Crippen LogP contribution in [0.2, 0.25) is 0 Å². The summed E-state index contributed by atoms with van der Waals surface area (Å²) in [7, 11) is -3.56. The van der Waals surface area contributed by atoms with Gasteiger partial charge in [-0.2, -0.15) is 0 Å². The lowest BCUT2D eigenvalue weighted by Crippen LogP contribution is -2.31. The quantitative estimate of drug-likeness (QED) is 0.720. The Morgan fingerprint density at radius 3 is 2.58 bits per heavy atom. The van der Waals surface area contributed by atoms with Crippen LogP contribution in [0.5, 0.6) is 0 Å². The molecule has 4 atom stereocenters. The molecule has 2 saturated heterocycles. The number of phosphoric ester groups is 1. The summed E-state index contributed by atoms with van der Waals surface area (Å²) in [6.07, 6.45) is 0.457. The fourth-order valence-corrected chi connectivity index (χ4v) is 4.35. The van der Waals surface area contributed by atoms with E-state index in [2.05, 4.69) is 6.92 Å². The van der Waals surface area contributed by atoms with E-state index >= 15 is 0 Å². The molecule has 0 spiro atoms. The first-order valence-corrected chi connectivity index (χ1v) is 9.96. The van der Waals surface area contributed by atoms with Gasteiger partial charge in [-0.05, 0) is 18.4 Å². The van der Waals surface area contributed by atoms with Crippen LogP contribution < -0.4 is 0 Å². The van der Waals surface area contributed by atoms with Gasteiger partial charge < -0.3 is 9.47 Å². The third kappa shape index (κ3) is 4.26. The Balaban J connectivity index is 1.66. The van der Waals surface area contributed by atoms with E-state index in [-0.39, 0.29) is 18.1 Å². The lowest BCUT2D eigenvalue weighted by molar-refractivity contribution is -0.144. The SMILES string of the molecule is CC[C@H]1O[C@H](OP2(=O)OCCCO2)[C@@H](OCc2ccccc2)[C@@H]1C. The number of hydrogen-bond acceptors (Lipinski definition) is 6. The lowest BCUT2D eigenvalue weighted by atomic mass is 9.99. The first-order valence-electron chi connectivity index (χ1n) is 8.50. The fourth-order valence-electron chi connectivity index (χ4n) is 3.02.